The third kappa shape index (κ3) is 3.43. The van der Waals surface area contributed by atoms with Crippen molar-refractivity contribution in [1.82, 2.24) is 0 Å². The van der Waals surface area contributed by atoms with Crippen LogP contribution in [0.25, 0.3) is 0 Å². The van der Waals surface area contributed by atoms with Gasteiger partial charge in [0.1, 0.15) is 5.82 Å². The molecule has 0 aliphatic carbocycles. The van der Waals surface area contributed by atoms with Gasteiger partial charge in [0, 0.05) is 5.69 Å². The molecule has 0 heterocycles. The van der Waals surface area contributed by atoms with Crippen LogP contribution < -0.4 is 5.73 Å². The molecule has 0 amide bonds. The number of rotatable bonds is 4. The van der Waals surface area contributed by atoms with Crippen molar-refractivity contribution in [2.75, 3.05) is 5.73 Å². The summed E-state index contributed by atoms with van der Waals surface area (Å²) in [5.74, 6) is -0.555. The lowest BCUT2D eigenvalue weighted by atomic mass is 10.2. The first-order chi connectivity index (χ1) is 7.74. The topological polar surface area (TPSA) is 60.2 Å². The molecular formula is C12H18FNO2S. The van der Waals surface area contributed by atoms with Gasteiger partial charge >= 0.3 is 0 Å². The molecule has 3 nitrogen and oxygen atoms in total. The zero-order chi connectivity index (χ0) is 13.2. The first-order valence-corrected chi connectivity index (χ1v) is 7.21. The second-order valence-electron chi connectivity index (χ2n) is 4.60. The quantitative estimate of drug-likeness (QED) is 0.844. The van der Waals surface area contributed by atoms with Gasteiger partial charge in [-0.1, -0.05) is 19.9 Å². The Hall–Kier alpha value is -1.10. The smallest absolute Gasteiger partial charge is 0.157 e. The predicted molar refractivity (Wildman–Crippen MR) is 67.7 cm³/mol. The highest BCUT2D eigenvalue weighted by Crippen LogP contribution is 2.21. The van der Waals surface area contributed by atoms with Crippen molar-refractivity contribution in [3.8, 4) is 0 Å². The molecule has 1 unspecified atom stereocenters. The fraction of sp³-hybridized carbons (Fsp3) is 0.500. The first kappa shape index (κ1) is 14.0. The van der Waals surface area contributed by atoms with Crippen LogP contribution in [-0.2, 0) is 15.6 Å². The van der Waals surface area contributed by atoms with E-state index in [4.69, 9.17) is 5.73 Å². The van der Waals surface area contributed by atoms with Gasteiger partial charge in [-0.25, -0.2) is 12.8 Å². The van der Waals surface area contributed by atoms with E-state index < -0.39 is 20.9 Å². The molecule has 96 valence electrons. The minimum Gasteiger partial charge on any atom is -0.398 e. The summed E-state index contributed by atoms with van der Waals surface area (Å²) in [6, 6.07) is 3.79. The first-order valence-electron chi connectivity index (χ1n) is 5.49. The Balaban J connectivity index is 2.98. The molecule has 0 aliphatic heterocycles. The largest absolute Gasteiger partial charge is 0.398 e. The summed E-state index contributed by atoms with van der Waals surface area (Å²) in [6.07, 6.45) is 0. The van der Waals surface area contributed by atoms with Crippen molar-refractivity contribution in [2.24, 2.45) is 5.92 Å². The van der Waals surface area contributed by atoms with Gasteiger partial charge in [-0.05, 0) is 30.5 Å². The molecule has 1 atom stereocenters. The SMILES string of the molecule is CC(C)C(C)S(=O)(=O)Cc1ccc(F)cc1N. The van der Waals surface area contributed by atoms with Crippen molar-refractivity contribution in [2.45, 2.75) is 31.8 Å². The van der Waals surface area contributed by atoms with Crippen LogP contribution in [0.1, 0.15) is 26.3 Å². The van der Waals surface area contributed by atoms with Crippen LogP contribution in [0.15, 0.2) is 18.2 Å². The molecule has 2 N–H and O–H groups in total. The van der Waals surface area contributed by atoms with Gasteiger partial charge in [0.05, 0.1) is 11.0 Å². The summed E-state index contributed by atoms with van der Waals surface area (Å²) in [6.45, 7) is 5.40. The van der Waals surface area contributed by atoms with E-state index in [1.807, 2.05) is 13.8 Å². The van der Waals surface area contributed by atoms with Gasteiger partial charge in [-0.2, -0.15) is 0 Å². The average molecular weight is 259 g/mol. The van der Waals surface area contributed by atoms with Crippen LogP contribution in [0.3, 0.4) is 0 Å². The molecule has 17 heavy (non-hydrogen) atoms. The van der Waals surface area contributed by atoms with Crippen molar-refractivity contribution in [3.63, 3.8) is 0 Å². The van der Waals surface area contributed by atoms with Gasteiger partial charge < -0.3 is 5.73 Å². The van der Waals surface area contributed by atoms with E-state index >= 15 is 0 Å². The minimum atomic E-state index is -3.25. The van der Waals surface area contributed by atoms with Gasteiger partial charge in [0.25, 0.3) is 0 Å². The van der Waals surface area contributed by atoms with Crippen molar-refractivity contribution >= 4 is 15.5 Å². The number of sulfone groups is 1. The van der Waals surface area contributed by atoms with Crippen LogP contribution >= 0.6 is 0 Å². The summed E-state index contributed by atoms with van der Waals surface area (Å²) >= 11 is 0. The van der Waals surface area contributed by atoms with Crippen LogP contribution in [0.5, 0.6) is 0 Å². The van der Waals surface area contributed by atoms with E-state index in [1.54, 1.807) is 6.92 Å². The van der Waals surface area contributed by atoms with Crippen LogP contribution in [0.2, 0.25) is 0 Å². The molecule has 0 aliphatic rings. The second-order valence-corrected chi connectivity index (χ2v) is 6.96. The highest BCUT2D eigenvalue weighted by atomic mass is 32.2. The molecule has 0 saturated carbocycles. The number of hydrogen-bond acceptors (Lipinski definition) is 3. The summed E-state index contributed by atoms with van der Waals surface area (Å²) in [5, 5.41) is -0.438. The summed E-state index contributed by atoms with van der Waals surface area (Å²) in [5.41, 5.74) is 6.24. The summed E-state index contributed by atoms with van der Waals surface area (Å²) in [7, 11) is -3.25. The molecule has 0 bridgehead atoms. The van der Waals surface area contributed by atoms with E-state index in [0.29, 0.717) is 5.56 Å². The number of nitrogens with two attached hydrogens (primary N) is 1. The van der Waals surface area contributed by atoms with E-state index in [0.717, 1.165) is 6.07 Å². The maximum absolute atomic E-state index is 12.8. The van der Waals surface area contributed by atoms with Crippen molar-refractivity contribution in [1.29, 1.82) is 0 Å². The van der Waals surface area contributed by atoms with Gasteiger partial charge in [-0.3, -0.25) is 0 Å². The average Bonchev–Trinajstić information content (AvgIpc) is 2.21. The molecule has 0 fully saturated rings. The Kier molecular flexibility index (Phi) is 4.14. The predicted octanol–water partition coefficient (Wildman–Crippen LogP) is 2.37. The molecular weight excluding hydrogens is 241 g/mol. The summed E-state index contributed by atoms with van der Waals surface area (Å²) < 4.78 is 36.9. The normalized spacial score (nSPS) is 13.9. The highest BCUT2D eigenvalue weighted by Gasteiger charge is 2.24. The summed E-state index contributed by atoms with van der Waals surface area (Å²) in [4.78, 5) is 0. The lowest BCUT2D eigenvalue weighted by Gasteiger charge is -2.17. The highest BCUT2D eigenvalue weighted by molar-refractivity contribution is 7.91. The Bertz CT molecular complexity index is 497. The molecule has 0 spiro atoms. The maximum Gasteiger partial charge on any atom is 0.157 e. The van der Waals surface area contributed by atoms with E-state index in [1.165, 1.54) is 12.1 Å². The Morgan fingerprint density at radius 2 is 1.88 bits per heavy atom. The second kappa shape index (κ2) is 5.04. The van der Waals surface area contributed by atoms with Crippen LogP contribution in [-0.4, -0.2) is 13.7 Å². The lowest BCUT2D eigenvalue weighted by molar-refractivity contribution is 0.545. The third-order valence-electron chi connectivity index (χ3n) is 2.97. The maximum atomic E-state index is 12.8. The van der Waals surface area contributed by atoms with Gasteiger partial charge in [-0.15, -0.1) is 0 Å². The lowest BCUT2D eigenvalue weighted by Crippen LogP contribution is -2.25. The Morgan fingerprint density at radius 3 is 2.35 bits per heavy atom. The number of hydrogen-bond donors (Lipinski definition) is 1. The molecule has 0 aromatic heterocycles. The van der Waals surface area contributed by atoms with Crippen molar-refractivity contribution in [3.05, 3.63) is 29.6 Å². The number of nitrogen functional groups attached to an aromatic ring is 1. The molecule has 5 heteroatoms. The Morgan fingerprint density at radius 1 is 1.29 bits per heavy atom. The Labute approximate surface area is 102 Å². The van der Waals surface area contributed by atoms with E-state index in [2.05, 4.69) is 0 Å². The number of benzene rings is 1. The molecule has 0 radical (unpaired) electrons. The zero-order valence-corrected chi connectivity index (χ0v) is 11.1. The van der Waals surface area contributed by atoms with Crippen molar-refractivity contribution < 1.29 is 12.8 Å². The molecule has 1 aromatic carbocycles. The number of anilines is 1. The third-order valence-corrected chi connectivity index (χ3v) is 5.36. The van der Waals surface area contributed by atoms with Crippen LogP contribution in [0, 0.1) is 11.7 Å². The number of halogens is 1. The molecule has 1 aromatic rings. The molecule has 1 rings (SSSR count). The molecule has 0 saturated heterocycles. The monoisotopic (exact) mass is 259 g/mol. The van der Waals surface area contributed by atoms with E-state index in [-0.39, 0.29) is 17.4 Å². The van der Waals surface area contributed by atoms with Gasteiger partial charge in [0.2, 0.25) is 0 Å². The minimum absolute atomic E-state index is 0.0432. The van der Waals surface area contributed by atoms with Crippen LogP contribution in [0.4, 0.5) is 10.1 Å². The fourth-order valence-corrected chi connectivity index (χ4v) is 3.25. The fourth-order valence-electron chi connectivity index (χ4n) is 1.46. The zero-order valence-electron chi connectivity index (χ0n) is 10.3. The van der Waals surface area contributed by atoms with Gasteiger partial charge in [0.15, 0.2) is 9.84 Å². The van der Waals surface area contributed by atoms with E-state index in [9.17, 15) is 12.8 Å². The standard InChI is InChI=1S/C12H18FNO2S/c1-8(2)9(3)17(15,16)7-10-4-5-11(13)6-12(10)14/h4-6,8-9H,7,14H2,1-3H3.